The van der Waals surface area contributed by atoms with Gasteiger partial charge in [-0.25, -0.2) is 4.98 Å². The second-order valence-corrected chi connectivity index (χ2v) is 8.05. The van der Waals surface area contributed by atoms with Crippen molar-refractivity contribution in [2.75, 3.05) is 6.61 Å². The number of hydrogen-bond acceptors (Lipinski definition) is 6. The molecule has 0 atom stereocenters. The molecular weight excluding hydrogens is 428 g/mol. The van der Waals surface area contributed by atoms with Crippen LogP contribution in [0.4, 0.5) is 0 Å². The van der Waals surface area contributed by atoms with E-state index in [2.05, 4.69) is 22.2 Å². The third-order valence-electron chi connectivity index (χ3n) is 5.69. The van der Waals surface area contributed by atoms with Crippen LogP contribution in [0.15, 0.2) is 65.1 Å². The Bertz CT molecular complexity index is 1440. The summed E-state index contributed by atoms with van der Waals surface area (Å²) in [6.07, 6.45) is 0. The van der Waals surface area contributed by atoms with Gasteiger partial charge in [0, 0.05) is 18.7 Å². The highest BCUT2D eigenvalue weighted by Gasteiger charge is 2.17. The average Bonchev–Trinajstić information content (AvgIpc) is 3.37. The third-order valence-corrected chi connectivity index (χ3v) is 5.69. The fraction of sp³-hybridized carbons (Fsp3) is 0.222. The van der Waals surface area contributed by atoms with E-state index in [1.807, 2.05) is 76.3 Å². The number of aromatic nitrogens is 4. The van der Waals surface area contributed by atoms with Gasteiger partial charge in [-0.2, -0.15) is 10.1 Å². The fourth-order valence-corrected chi connectivity index (χ4v) is 4.03. The molecule has 0 spiro atoms. The van der Waals surface area contributed by atoms with Crippen LogP contribution in [-0.2, 0) is 13.7 Å². The lowest BCUT2D eigenvalue weighted by Gasteiger charge is -2.09. The molecule has 0 bridgehead atoms. The number of nitrogens with zero attached hydrogens (tertiary/aromatic N) is 4. The predicted octanol–water partition coefficient (Wildman–Crippen LogP) is 5.88. The van der Waals surface area contributed by atoms with E-state index in [1.54, 1.807) is 4.68 Å². The number of ether oxygens (including phenoxy) is 2. The van der Waals surface area contributed by atoms with Crippen LogP contribution < -0.4 is 9.47 Å². The van der Waals surface area contributed by atoms with E-state index >= 15 is 0 Å². The molecule has 0 saturated heterocycles. The summed E-state index contributed by atoms with van der Waals surface area (Å²) in [7, 11) is 1.89. The van der Waals surface area contributed by atoms with Gasteiger partial charge in [0.2, 0.25) is 11.8 Å². The summed E-state index contributed by atoms with van der Waals surface area (Å²) in [5, 5.41) is 5.59. The molecule has 5 rings (SSSR count). The summed E-state index contributed by atoms with van der Waals surface area (Å²) in [6, 6.07) is 19.9. The maximum atomic E-state index is 6.11. The number of rotatable bonds is 7. The first-order valence-electron chi connectivity index (χ1n) is 11.3. The van der Waals surface area contributed by atoms with Gasteiger partial charge in [0.05, 0.1) is 17.7 Å². The van der Waals surface area contributed by atoms with Crippen LogP contribution in [0.5, 0.6) is 11.6 Å². The van der Waals surface area contributed by atoms with Gasteiger partial charge in [0.15, 0.2) is 5.65 Å². The number of fused-ring (bicyclic) bond motifs is 1. The molecule has 0 radical (unpaired) electrons. The summed E-state index contributed by atoms with van der Waals surface area (Å²) >= 11 is 0. The van der Waals surface area contributed by atoms with E-state index in [9.17, 15) is 0 Å². The Morgan fingerprint density at radius 1 is 0.912 bits per heavy atom. The van der Waals surface area contributed by atoms with E-state index in [0.29, 0.717) is 24.1 Å². The van der Waals surface area contributed by atoms with Crippen molar-refractivity contribution in [3.63, 3.8) is 0 Å². The Kier molecular flexibility index (Phi) is 5.76. The van der Waals surface area contributed by atoms with Gasteiger partial charge < -0.3 is 13.9 Å². The van der Waals surface area contributed by atoms with Crippen LogP contribution in [0.2, 0.25) is 0 Å². The largest absolute Gasteiger partial charge is 0.494 e. The second-order valence-electron chi connectivity index (χ2n) is 8.05. The normalized spacial score (nSPS) is 11.2. The quantitative estimate of drug-likeness (QED) is 0.305. The van der Waals surface area contributed by atoms with Crippen molar-refractivity contribution < 1.29 is 13.9 Å². The zero-order valence-electron chi connectivity index (χ0n) is 19.7. The minimum atomic E-state index is 0.246. The van der Waals surface area contributed by atoms with Crippen molar-refractivity contribution in [3.05, 3.63) is 77.8 Å². The number of benzene rings is 2. The molecule has 0 unspecified atom stereocenters. The smallest absolute Gasteiger partial charge is 0.226 e. The van der Waals surface area contributed by atoms with Crippen LogP contribution in [0.3, 0.4) is 0 Å². The second kappa shape index (κ2) is 9.02. The third kappa shape index (κ3) is 4.12. The molecule has 0 aliphatic heterocycles. The Morgan fingerprint density at radius 3 is 2.41 bits per heavy atom. The predicted molar refractivity (Wildman–Crippen MR) is 131 cm³/mol. The first kappa shape index (κ1) is 21.7. The standard InChI is InChI=1S/C27H26N4O3/c1-5-32-21-13-11-20(12-14-21)27-28-23(18(3)34-27)16-33-24-15-22(19-9-7-6-8-10-19)25-17(2)30-31(4)26(25)29-24/h6-15H,5,16H2,1-4H3. The van der Waals surface area contributed by atoms with Crippen LogP contribution in [-0.4, -0.2) is 26.4 Å². The molecular formula is C27H26N4O3. The van der Waals surface area contributed by atoms with Gasteiger partial charge in [-0.3, -0.25) is 4.68 Å². The minimum Gasteiger partial charge on any atom is -0.494 e. The van der Waals surface area contributed by atoms with Crippen molar-refractivity contribution in [1.82, 2.24) is 19.7 Å². The molecule has 3 heterocycles. The zero-order chi connectivity index (χ0) is 23.7. The van der Waals surface area contributed by atoms with Crippen LogP contribution in [0.1, 0.15) is 24.1 Å². The maximum absolute atomic E-state index is 6.11. The first-order valence-corrected chi connectivity index (χ1v) is 11.3. The number of pyridine rings is 1. The highest BCUT2D eigenvalue weighted by Crippen LogP contribution is 2.33. The SMILES string of the molecule is CCOc1ccc(-c2nc(COc3cc(-c4ccccc4)c4c(C)nn(C)c4n3)c(C)o2)cc1. The first-order chi connectivity index (χ1) is 16.5. The summed E-state index contributed by atoms with van der Waals surface area (Å²) in [6.45, 7) is 6.72. The van der Waals surface area contributed by atoms with E-state index in [4.69, 9.17) is 18.9 Å². The Hall–Kier alpha value is -4.13. The van der Waals surface area contributed by atoms with Gasteiger partial charge in [-0.15, -0.1) is 0 Å². The van der Waals surface area contributed by atoms with E-state index in [0.717, 1.165) is 44.9 Å². The van der Waals surface area contributed by atoms with Crippen molar-refractivity contribution in [2.24, 2.45) is 7.05 Å². The van der Waals surface area contributed by atoms with E-state index < -0.39 is 0 Å². The molecule has 172 valence electrons. The van der Waals surface area contributed by atoms with Crippen LogP contribution in [0, 0.1) is 13.8 Å². The molecule has 0 aliphatic rings. The molecule has 5 aromatic rings. The highest BCUT2D eigenvalue weighted by molar-refractivity contribution is 5.95. The lowest BCUT2D eigenvalue weighted by Crippen LogP contribution is -2.01. The summed E-state index contributed by atoms with van der Waals surface area (Å²) in [5.74, 6) is 2.60. The lowest BCUT2D eigenvalue weighted by molar-refractivity contribution is 0.288. The topological polar surface area (TPSA) is 75.2 Å². The Labute approximate surface area is 198 Å². The zero-order valence-corrected chi connectivity index (χ0v) is 19.7. The highest BCUT2D eigenvalue weighted by atomic mass is 16.5. The average molecular weight is 455 g/mol. The summed E-state index contributed by atoms with van der Waals surface area (Å²) in [4.78, 5) is 9.38. The monoisotopic (exact) mass is 454 g/mol. The molecule has 7 heteroatoms. The number of hydrogen-bond donors (Lipinski definition) is 0. The molecule has 34 heavy (non-hydrogen) atoms. The van der Waals surface area contributed by atoms with Crippen LogP contribution in [0.25, 0.3) is 33.6 Å². The Balaban J connectivity index is 1.43. The molecule has 0 N–H and O–H groups in total. The molecule has 2 aromatic carbocycles. The summed E-state index contributed by atoms with van der Waals surface area (Å²) in [5.41, 5.74) is 5.45. The van der Waals surface area contributed by atoms with Gasteiger partial charge in [-0.1, -0.05) is 30.3 Å². The van der Waals surface area contributed by atoms with Crippen LogP contribution >= 0.6 is 0 Å². The van der Waals surface area contributed by atoms with Crippen molar-refractivity contribution in [3.8, 4) is 34.2 Å². The lowest BCUT2D eigenvalue weighted by atomic mass is 10.0. The minimum absolute atomic E-state index is 0.246. The number of oxazole rings is 1. The molecule has 0 aliphatic carbocycles. The van der Waals surface area contributed by atoms with Gasteiger partial charge in [0.1, 0.15) is 23.8 Å². The maximum Gasteiger partial charge on any atom is 0.226 e. The van der Waals surface area contributed by atoms with Crippen molar-refractivity contribution >= 4 is 11.0 Å². The van der Waals surface area contributed by atoms with Gasteiger partial charge in [-0.05, 0) is 56.2 Å². The molecule has 0 fully saturated rings. The summed E-state index contributed by atoms with van der Waals surface area (Å²) < 4.78 is 19.3. The molecule has 3 aromatic heterocycles. The van der Waals surface area contributed by atoms with Gasteiger partial charge in [0.25, 0.3) is 0 Å². The van der Waals surface area contributed by atoms with E-state index in [-0.39, 0.29) is 6.61 Å². The molecule has 7 nitrogen and oxygen atoms in total. The van der Waals surface area contributed by atoms with E-state index in [1.165, 1.54) is 0 Å². The van der Waals surface area contributed by atoms with Crippen molar-refractivity contribution in [2.45, 2.75) is 27.4 Å². The molecule has 0 saturated carbocycles. The fourth-order valence-electron chi connectivity index (χ4n) is 4.03. The molecule has 0 amide bonds. The van der Waals surface area contributed by atoms with Gasteiger partial charge >= 0.3 is 0 Å². The number of aryl methyl sites for hydroxylation is 3. The Morgan fingerprint density at radius 2 is 1.68 bits per heavy atom. The van der Waals surface area contributed by atoms with Crippen molar-refractivity contribution in [1.29, 1.82) is 0 Å².